The Morgan fingerprint density at radius 3 is 3.07 bits per heavy atom. The van der Waals surface area contributed by atoms with Crippen molar-refractivity contribution in [2.24, 2.45) is 0 Å². The Kier molecular flexibility index (Phi) is 3.16. The molecule has 0 radical (unpaired) electrons. The van der Waals surface area contributed by atoms with Crippen LogP contribution >= 0.6 is 11.8 Å². The van der Waals surface area contributed by atoms with E-state index >= 15 is 0 Å². The Hall–Kier alpha value is -0.870. The molecular weight excluding hydrogens is 200 g/mol. The molecule has 14 heavy (non-hydrogen) atoms. The van der Waals surface area contributed by atoms with Crippen molar-refractivity contribution >= 4 is 11.8 Å². The van der Waals surface area contributed by atoms with Gasteiger partial charge in [-0.1, -0.05) is 6.07 Å². The number of benzene rings is 1. The minimum atomic E-state index is 0.324. The topological polar surface area (TPSA) is 27.7 Å². The highest BCUT2D eigenvalue weighted by Gasteiger charge is 2.12. The molecule has 76 valence electrons. The fraction of sp³-hybridized carbons (Fsp3) is 0.400. The monoisotopic (exact) mass is 212 g/mol. The molecule has 0 amide bonds. The van der Waals surface area contributed by atoms with Gasteiger partial charge in [0.25, 0.3) is 0 Å². The first-order valence-corrected chi connectivity index (χ1v) is 5.75. The fourth-order valence-electron chi connectivity index (χ4n) is 1.27. The van der Waals surface area contributed by atoms with Crippen LogP contribution in [-0.2, 0) is 11.3 Å². The van der Waals surface area contributed by atoms with E-state index in [-0.39, 0.29) is 0 Å². The van der Waals surface area contributed by atoms with Crippen LogP contribution in [0, 0.1) is 0 Å². The fourth-order valence-corrected chi connectivity index (χ4v) is 1.52. The van der Waals surface area contributed by atoms with Crippen molar-refractivity contribution in [2.75, 3.05) is 19.0 Å². The van der Waals surface area contributed by atoms with E-state index in [9.17, 15) is 0 Å². The summed E-state index contributed by atoms with van der Waals surface area (Å²) in [6.07, 6.45) is 2.01. The summed E-state index contributed by atoms with van der Waals surface area (Å²) < 4.78 is 15.9. The van der Waals surface area contributed by atoms with Gasteiger partial charge in [-0.3, -0.25) is 0 Å². The van der Waals surface area contributed by atoms with Gasteiger partial charge < -0.3 is 14.2 Å². The zero-order valence-electron chi connectivity index (χ0n) is 7.99. The molecule has 2 rings (SSSR count). The van der Waals surface area contributed by atoms with Crippen molar-refractivity contribution in [3.05, 3.63) is 23.8 Å². The normalized spacial score (nSPS) is 13.2. The van der Waals surface area contributed by atoms with Crippen LogP contribution in [0.4, 0.5) is 0 Å². The quantitative estimate of drug-likeness (QED) is 0.565. The molecule has 0 aromatic heterocycles. The second-order valence-corrected chi connectivity index (χ2v) is 3.76. The Morgan fingerprint density at radius 1 is 1.36 bits per heavy atom. The molecule has 1 aliphatic heterocycles. The minimum absolute atomic E-state index is 0.324. The molecule has 0 aliphatic carbocycles. The predicted molar refractivity (Wildman–Crippen MR) is 55.7 cm³/mol. The zero-order valence-corrected chi connectivity index (χ0v) is 8.80. The molecule has 1 aromatic carbocycles. The van der Waals surface area contributed by atoms with E-state index < -0.39 is 0 Å². The van der Waals surface area contributed by atoms with Gasteiger partial charge in [0.15, 0.2) is 11.5 Å². The van der Waals surface area contributed by atoms with Crippen LogP contribution in [0.5, 0.6) is 11.5 Å². The maximum atomic E-state index is 5.40. The van der Waals surface area contributed by atoms with Crippen LogP contribution < -0.4 is 9.47 Å². The van der Waals surface area contributed by atoms with E-state index in [1.807, 2.05) is 24.5 Å². The zero-order chi connectivity index (χ0) is 9.80. The van der Waals surface area contributed by atoms with Gasteiger partial charge in [0.05, 0.1) is 12.5 Å². The lowest BCUT2D eigenvalue weighted by Gasteiger charge is -2.03. The summed E-state index contributed by atoms with van der Waals surface area (Å²) in [5, 5.41) is 0. The summed E-state index contributed by atoms with van der Waals surface area (Å²) >= 11 is 1.67. The van der Waals surface area contributed by atoms with Crippen LogP contribution in [0.15, 0.2) is 18.2 Å². The highest BCUT2D eigenvalue weighted by molar-refractivity contribution is 7.98. The predicted octanol–water partition coefficient (Wildman–Crippen LogP) is 2.25. The third-order valence-corrected chi connectivity index (χ3v) is 2.31. The van der Waals surface area contributed by atoms with Crippen LogP contribution in [0.25, 0.3) is 0 Å². The first-order chi connectivity index (χ1) is 6.90. The summed E-state index contributed by atoms with van der Waals surface area (Å²) in [6.45, 7) is 0.946. The van der Waals surface area contributed by atoms with E-state index in [4.69, 9.17) is 14.2 Å². The van der Waals surface area contributed by atoms with Crippen LogP contribution in [0.3, 0.4) is 0 Å². The third-order valence-electron chi connectivity index (χ3n) is 1.91. The molecule has 0 spiro atoms. The number of thioether (sulfide) groups is 1. The summed E-state index contributed by atoms with van der Waals surface area (Å²) in [5.41, 5.74) is 1.11. The minimum Gasteiger partial charge on any atom is -0.454 e. The molecule has 1 aromatic rings. The largest absolute Gasteiger partial charge is 0.454 e. The summed E-state index contributed by atoms with van der Waals surface area (Å²) in [6, 6.07) is 5.87. The van der Waals surface area contributed by atoms with Gasteiger partial charge in [0.2, 0.25) is 6.79 Å². The van der Waals surface area contributed by atoms with Crippen molar-refractivity contribution in [1.82, 2.24) is 0 Å². The summed E-state index contributed by atoms with van der Waals surface area (Å²) in [4.78, 5) is 0. The maximum absolute atomic E-state index is 5.40. The van der Waals surface area contributed by atoms with Gasteiger partial charge in [-0.25, -0.2) is 0 Å². The van der Waals surface area contributed by atoms with Gasteiger partial charge in [-0.15, -0.1) is 11.8 Å². The lowest BCUT2D eigenvalue weighted by molar-refractivity contribution is 0.167. The SMILES string of the molecule is CSCOCc1ccc2c(c1)OCO2. The van der Waals surface area contributed by atoms with Gasteiger partial charge in [-0.05, 0) is 24.0 Å². The number of fused-ring (bicyclic) bond motifs is 1. The molecule has 0 atom stereocenters. The van der Waals surface area contributed by atoms with Crippen LogP contribution in [0.2, 0.25) is 0 Å². The summed E-state index contributed by atoms with van der Waals surface area (Å²) in [7, 11) is 0. The molecular formula is C10H12O3S. The Balaban J connectivity index is 1.98. The lowest BCUT2D eigenvalue weighted by Crippen LogP contribution is -1.93. The molecule has 0 N–H and O–H groups in total. The molecule has 0 saturated carbocycles. The van der Waals surface area contributed by atoms with Gasteiger partial charge in [0.1, 0.15) is 0 Å². The van der Waals surface area contributed by atoms with E-state index in [2.05, 4.69) is 0 Å². The second kappa shape index (κ2) is 4.57. The van der Waals surface area contributed by atoms with Gasteiger partial charge >= 0.3 is 0 Å². The first-order valence-electron chi connectivity index (χ1n) is 4.35. The van der Waals surface area contributed by atoms with Crippen LogP contribution in [-0.4, -0.2) is 19.0 Å². The first kappa shape index (κ1) is 9.68. The lowest BCUT2D eigenvalue weighted by atomic mass is 10.2. The molecule has 1 heterocycles. The van der Waals surface area contributed by atoms with Crippen molar-refractivity contribution in [3.8, 4) is 11.5 Å². The average molecular weight is 212 g/mol. The van der Waals surface area contributed by atoms with Gasteiger partial charge in [-0.2, -0.15) is 0 Å². The molecule has 1 aliphatic rings. The van der Waals surface area contributed by atoms with Crippen molar-refractivity contribution in [2.45, 2.75) is 6.61 Å². The van der Waals surface area contributed by atoms with Crippen molar-refractivity contribution in [3.63, 3.8) is 0 Å². The van der Waals surface area contributed by atoms with Gasteiger partial charge in [0, 0.05) is 0 Å². The molecule has 0 saturated heterocycles. The standard InChI is InChI=1S/C10H12O3S/c1-14-7-11-5-8-2-3-9-10(4-8)13-6-12-9/h2-4H,5-7H2,1H3. The van der Waals surface area contributed by atoms with Crippen LogP contribution in [0.1, 0.15) is 5.56 Å². The van der Waals surface area contributed by atoms with E-state index in [1.54, 1.807) is 11.8 Å². The number of hydrogen-bond acceptors (Lipinski definition) is 4. The molecule has 4 heteroatoms. The highest BCUT2D eigenvalue weighted by Crippen LogP contribution is 2.32. The molecule has 0 bridgehead atoms. The number of ether oxygens (including phenoxy) is 3. The molecule has 0 fully saturated rings. The average Bonchev–Trinajstić information content (AvgIpc) is 2.65. The Bertz CT molecular complexity index is 314. The molecule has 3 nitrogen and oxygen atoms in total. The van der Waals surface area contributed by atoms with E-state index in [0.29, 0.717) is 19.3 Å². The highest BCUT2D eigenvalue weighted by atomic mass is 32.2. The van der Waals surface area contributed by atoms with Crippen molar-refractivity contribution < 1.29 is 14.2 Å². The second-order valence-electron chi connectivity index (χ2n) is 2.94. The molecule has 0 unspecified atom stereocenters. The summed E-state index contributed by atoms with van der Waals surface area (Å²) in [5.74, 6) is 2.35. The smallest absolute Gasteiger partial charge is 0.231 e. The third kappa shape index (κ3) is 2.13. The number of rotatable bonds is 4. The Morgan fingerprint density at radius 2 is 2.21 bits per heavy atom. The van der Waals surface area contributed by atoms with E-state index in [1.165, 1.54) is 0 Å². The maximum Gasteiger partial charge on any atom is 0.231 e. The van der Waals surface area contributed by atoms with Crippen molar-refractivity contribution in [1.29, 1.82) is 0 Å². The number of hydrogen-bond donors (Lipinski definition) is 0. The van der Waals surface area contributed by atoms with E-state index in [0.717, 1.165) is 17.1 Å². The Labute approximate surface area is 87.3 Å².